The fourth-order valence-corrected chi connectivity index (χ4v) is 3.25. The van der Waals surface area contributed by atoms with E-state index in [2.05, 4.69) is 4.99 Å². The number of aromatic nitrogens is 1. The summed E-state index contributed by atoms with van der Waals surface area (Å²) in [5.41, 5.74) is 7.41. The lowest BCUT2D eigenvalue weighted by Gasteiger charge is -2.11. The van der Waals surface area contributed by atoms with Crippen molar-refractivity contribution in [3.8, 4) is 0 Å². The quantitative estimate of drug-likeness (QED) is 0.575. The van der Waals surface area contributed by atoms with Gasteiger partial charge in [-0.1, -0.05) is 18.2 Å². The van der Waals surface area contributed by atoms with E-state index in [-0.39, 0.29) is 17.7 Å². The number of hydrogen-bond acceptors (Lipinski definition) is 4. The van der Waals surface area contributed by atoms with Crippen LogP contribution in [0.15, 0.2) is 76.8 Å². The second-order valence-corrected chi connectivity index (χ2v) is 7.02. The molecule has 32 heavy (non-hydrogen) atoms. The largest absolute Gasteiger partial charge is 0.405 e. The summed E-state index contributed by atoms with van der Waals surface area (Å²) in [4.78, 5) is 29.1. The Kier molecular flexibility index (Phi) is 6.77. The summed E-state index contributed by atoms with van der Waals surface area (Å²) in [6.07, 6.45) is 0.199. The van der Waals surface area contributed by atoms with E-state index in [9.17, 15) is 22.8 Å². The van der Waals surface area contributed by atoms with E-state index in [0.717, 1.165) is 10.9 Å². The van der Waals surface area contributed by atoms with Crippen molar-refractivity contribution in [2.45, 2.75) is 12.7 Å². The van der Waals surface area contributed by atoms with Crippen LogP contribution in [-0.4, -0.2) is 36.0 Å². The first-order chi connectivity index (χ1) is 15.2. The number of carbonyl (C=O) groups excluding carboxylic acids is 1. The molecular weight excluding hydrogens is 421 g/mol. The zero-order valence-electron chi connectivity index (χ0n) is 17.2. The van der Waals surface area contributed by atoms with Gasteiger partial charge in [0.2, 0.25) is 0 Å². The van der Waals surface area contributed by atoms with Crippen molar-refractivity contribution in [1.82, 2.24) is 9.88 Å². The molecule has 0 radical (unpaired) electrons. The number of benzene rings is 2. The van der Waals surface area contributed by atoms with Gasteiger partial charge in [-0.3, -0.25) is 14.6 Å². The molecule has 0 aliphatic heterocycles. The number of carbonyl (C=O) groups is 1. The predicted molar refractivity (Wildman–Crippen MR) is 118 cm³/mol. The first-order valence-electron chi connectivity index (χ1n) is 9.64. The molecule has 0 fully saturated rings. The van der Waals surface area contributed by atoms with Crippen LogP contribution in [0.4, 0.5) is 13.2 Å². The Hall–Kier alpha value is -3.88. The van der Waals surface area contributed by atoms with Crippen LogP contribution in [0, 0.1) is 0 Å². The molecule has 3 N–H and O–H groups in total. The Bertz CT molecular complexity index is 1260. The van der Waals surface area contributed by atoms with Crippen LogP contribution in [-0.2, 0) is 6.54 Å². The second kappa shape index (κ2) is 9.51. The van der Waals surface area contributed by atoms with E-state index >= 15 is 0 Å². The maximum atomic E-state index is 12.9. The molecule has 2 aromatic carbocycles. The fraction of sp³-hybridized carbons (Fsp3) is 0.174. The number of halogens is 3. The minimum absolute atomic E-state index is 0.0876. The third-order valence-electron chi connectivity index (χ3n) is 4.76. The standard InChI is InChI=1S/C23H21F3N4O2/c1-28-20(7-9-27)17-5-6-19-16(12-17)8-10-30(22(19)32)13-15-3-2-4-18(11-15)21(31)29-14-23(24,25)26/h2-12H,13-14,27H2,1H3,(H,29,31). The van der Waals surface area contributed by atoms with Gasteiger partial charge in [0, 0.05) is 29.8 Å². The maximum Gasteiger partial charge on any atom is 0.405 e. The van der Waals surface area contributed by atoms with Crippen molar-refractivity contribution in [3.63, 3.8) is 0 Å². The molecule has 0 bridgehead atoms. The van der Waals surface area contributed by atoms with E-state index < -0.39 is 18.6 Å². The van der Waals surface area contributed by atoms with Gasteiger partial charge in [-0.05, 0) is 53.6 Å². The number of fused-ring (bicyclic) bond motifs is 1. The maximum absolute atomic E-state index is 12.9. The fourth-order valence-electron chi connectivity index (χ4n) is 3.25. The number of nitrogens with two attached hydrogens (primary N) is 1. The van der Waals surface area contributed by atoms with Crippen molar-refractivity contribution in [2.75, 3.05) is 13.6 Å². The van der Waals surface area contributed by atoms with Crippen LogP contribution in [0.3, 0.4) is 0 Å². The molecular formula is C23H21F3N4O2. The topological polar surface area (TPSA) is 89.5 Å². The molecule has 0 saturated carbocycles. The van der Waals surface area contributed by atoms with Crippen molar-refractivity contribution < 1.29 is 18.0 Å². The lowest BCUT2D eigenvalue weighted by Crippen LogP contribution is -2.33. The van der Waals surface area contributed by atoms with Gasteiger partial charge in [0.15, 0.2) is 0 Å². The third kappa shape index (κ3) is 5.42. The van der Waals surface area contributed by atoms with Gasteiger partial charge in [0.1, 0.15) is 6.54 Å². The second-order valence-electron chi connectivity index (χ2n) is 7.02. The normalized spacial score (nSPS) is 12.4. The zero-order valence-corrected chi connectivity index (χ0v) is 17.2. The number of nitrogens with zero attached hydrogens (tertiary/aromatic N) is 2. The van der Waals surface area contributed by atoms with Gasteiger partial charge >= 0.3 is 6.18 Å². The summed E-state index contributed by atoms with van der Waals surface area (Å²) in [6, 6.07) is 13.3. The molecule has 0 atom stereocenters. The van der Waals surface area contributed by atoms with Gasteiger partial charge in [-0.15, -0.1) is 0 Å². The van der Waals surface area contributed by atoms with Gasteiger partial charge in [0.25, 0.3) is 11.5 Å². The minimum Gasteiger partial charge on any atom is -0.405 e. The summed E-state index contributed by atoms with van der Waals surface area (Å²) < 4.78 is 38.5. The van der Waals surface area contributed by atoms with Crippen molar-refractivity contribution in [1.29, 1.82) is 0 Å². The summed E-state index contributed by atoms with van der Waals surface area (Å²) >= 11 is 0. The molecule has 0 spiro atoms. The van der Waals surface area contributed by atoms with Crippen molar-refractivity contribution in [2.24, 2.45) is 10.7 Å². The first-order valence-corrected chi connectivity index (χ1v) is 9.64. The van der Waals surface area contributed by atoms with Gasteiger partial charge < -0.3 is 15.6 Å². The molecule has 9 heteroatoms. The average molecular weight is 442 g/mol. The Morgan fingerprint density at radius 1 is 1.16 bits per heavy atom. The van der Waals surface area contributed by atoms with Crippen LogP contribution < -0.4 is 16.6 Å². The van der Waals surface area contributed by atoms with Gasteiger partial charge in [-0.25, -0.2) is 0 Å². The van der Waals surface area contributed by atoms with Crippen LogP contribution in [0.25, 0.3) is 10.8 Å². The summed E-state index contributed by atoms with van der Waals surface area (Å²) in [5.74, 6) is -0.831. The number of rotatable bonds is 6. The molecule has 0 saturated heterocycles. The van der Waals surface area contributed by atoms with Crippen molar-refractivity contribution in [3.05, 3.63) is 94.0 Å². The lowest BCUT2D eigenvalue weighted by atomic mass is 10.0. The third-order valence-corrected chi connectivity index (χ3v) is 4.76. The SMILES string of the molecule is CN=C(C=CN)c1ccc2c(=O)n(Cc3cccc(C(=O)NCC(F)(F)F)c3)ccc2c1. The van der Waals surface area contributed by atoms with E-state index in [1.165, 1.54) is 22.9 Å². The highest BCUT2D eigenvalue weighted by Crippen LogP contribution is 2.16. The van der Waals surface area contributed by atoms with Crippen molar-refractivity contribution >= 4 is 22.4 Å². The van der Waals surface area contributed by atoms with E-state index in [1.807, 2.05) is 11.4 Å². The number of aliphatic imine (C=N–C) groups is 1. The van der Waals surface area contributed by atoms with Gasteiger partial charge in [-0.2, -0.15) is 13.2 Å². The highest BCUT2D eigenvalue weighted by atomic mass is 19.4. The Labute approximate surface area is 181 Å². The monoisotopic (exact) mass is 442 g/mol. The molecule has 1 amide bonds. The Balaban J connectivity index is 1.86. The molecule has 3 aromatic rings. The molecule has 1 aromatic heterocycles. The smallest absolute Gasteiger partial charge is 0.405 e. The van der Waals surface area contributed by atoms with Crippen LogP contribution in [0.2, 0.25) is 0 Å². The Morgan fingerprint density at radius 3 is 2.62 bits per heavy atom. The molecule has 166 valence electrons. The summed E-state index contributed by atoms with van der Waals surface area (Å²) in [6.45, 7) is -1.25. The number of allylic oxidation sites excluding steroid dienone is 1. The molecule has 0 aliphatic carbocycles. The number of alkyl halides is 3. The predicted octanol–water partition coefficient (Wildman–Crippen LogP) is 3.23. The number of hydrogen-bond donors (Lipinski definition) is 2. The number of pyridine rings is 1. The highest BCUT2D eigenvalue weighted by molar-refractivity contribution is 6.10. The molecule has 0 unspecified atom stereocenters. The molecule has 0 aliphatic rings. The minimum atomic E-state index is -4.49. The highest BCUT2D eigenvalue weighted by Gasteiger charge is 2.27. The van der Waals surface area contributed by atoms with Gasteiger partial charge in [0.05, 0.1) is 12.3 Å². The van der Waals surface area contributed by atoms with E-state index in [1.54, 1.807) is 49.7 Å². The summed E-state index contributed by atoms with van der Waals surface area (Å²) in [7, 11) is 1.65. The van der Waals surface area contributed by atoms with Crippen LogP contribution >= 0.6 is 0 Å². The van der Waals surface area contributed by atoms with E-state index in [4.69, 9.17) is 5.73 Å². The average Bonchev–Trinajstić information content (AvgIpc) is 2.77. The summed E-state index contributed by atoms with van der Waals surface area (Å²) in [5, 5.41) is 3.07. The van der Waals surface area contributed by atoms with Crippen LogP contribution in [0.5, 0.6) is 0 Å². The molecule has 3 rings (SSSR count). The molecule has 1 heterocycles. The van der Waals surface area contributed by atoms with E-state index in [0.29, 0.717) is 16.7 Å². The van der Waals surface area contributed by atoms with Crippen LogP contribution in [0.1, 0.15) is 21.5 Å². The first kappa shape index (κ1) is 22.8. The number of nitrogens with one attached hydrogen (secondary N) is 1. The lowest BCUT2D eigenvalue weighted by molar-refractivity contribution is -0.123. The Morgan fingerprint density at radius 2 is 1.94 bits per heavy atom. The molecule has 6 nitrogen and oxygen atoms in total. The number of amides is 1. The zero-order chi connectivity index (χ0) is 23.3.